The molecule has 10 aromatic rings. The Morgan fingerprint density at radius 3 is 2.26 bits per heavy atom. The molecule has 2 heterocycles. The van der Waals surface area contributed by atoms with Crippen LogP contribution < -0.4 is 10.5 Å². The monoisotopic (exact) mass is 682 g/mol. The van der Waals surface area contributed by atoms with E-state index in [2.05, 4.69) is 144 Å². The van der Waals surface area contributed by atoms with Crippen molar-refractivity contribution in [3.63, 3.8) is 0 Å². The smallest absolute Gasteiger partial charge is 0.145 e. The number of aromatic nitrogens is 1. The van der Waals surface area contributed by atoms with Crippen LogP contribution in [0, 0.1) is 0 Å². The number of ether oxygens (including phenoxy) is 1. The molecule has 0 radical (unpaired) electrons. The SMILES string of the molecule is Nc1c(OCc2ccc(-n3c4c(c5c6ccccc6ccc53)C=CCC4)c3ccccc23)cc(-c2ccc3ccccc3c2)c2oc3ccccc3c12. The van der Waals surface area contributed by atoms with Crippen molar-refractivity contribution in [2.24, 2.45) is 0 Å². The maximum absolute atomic E-state index is 7.00. The third-order valence-electron chi connectivity index (χ3n) is 11.2. The van der Waals surface area contributed by atoms with Gasteiger partial charge in [0.05, 0.1) is 22.3 Å². The van der Waals surface area contributed by atoms with Gasteiger partial charge in [0.1, 0.15) is 23.5 Å². The lowest BCUT2D eigenvalue weighted by Gasteiger charge is -2.18. The molecule has 8 aromatic carbocycles. The predicted molar refractivity (Wildman–Crippen MR) is 221 cm³/mol. The number of rotatable bonds is 5. The number of allylic oxidation sites excluding steroid dienone is 1. The normalized spacial score (nSPS) is 12.8. The van der Waals surface area contributed by atoms with Gasteiger partial charge in [-0.25, -0.2) is 0 Å². The van der Waals surface area contributed by atoms with E-state index in [0.717, 1.165) is 56.9 Å². The van der Waals surface area contributed by atoms with E-state index in [1.165, 1.54) is 54.8 Å². The molecule has 0 bridgehead atoms. The fourth-order valence-electron chi connectivity index (χ4n) is 8.67. The molecule has 4 heteroatoms. The molecular formula is C49H34N2O2. The summed E-state index contributed by atoms with van der Waals surface area (Å²) in [6.45, 7) is 0.362. The van der Waals surface area contributed by atoms with E-state index in [-0.39, 0.29) is 0 Å². The zero-order chi connectivity index (χ0) is 35.0. The molecule has 1 aliphatic rings. The molecule has 11 rings (SSSR count). The van der Waals surface area contributed by atoms with Crippen LogP contribution in [0.15, 0.2) is 156 Å². The van der Waals surface area contributed by atoms with Crippen LogP contribution in [-0.4, -0.2) is 4.57 Å². The quantitative estimate of drug-likeness (QED) is 0.184. The summed E-state index contributed by atoms with van der Waals surface area (Å²) in [5.41, 5.74) is 17.4. The molecular weight excluding hydrogens is 649 g/mol. The zero-order valence-electron chi connectivity index (χ0n) is 29.0. The van der Waals surface area contributed by atoms with Crippen LogP contribution in [0.4, 0.5) is 5.69 Å². The van der Waals surface area contributed by atoms with Crippen LogP contribution >= 0.6 is 0 Å². The van der Waals surface area contributed by atoms with Crippen LogP contribution in [0.3, 0.4) is 0 Å². The van der Waals surface area contributed by atoms with E-state index in [0.29, 0.717) is 18.0 Å². The van der Waals surface area contributed by atoms with Crippen LogP contribution in [0.25, 0.3) is 88.0 Å². The highest BCUT2D eigenvalue weighted by atomic mass is 16.5. The van der Waals surface area contributed by atoms with Gasteiger partial charge >= 0.3 is 0 Å². The van der Waals surface area contributed by atoms with Crippen molar-refractivity contribution in [2.75, 3.05) is 5.73 Å². The molecule has 0 aliphatic heterocycles. The van der Waals surface area contributed by atoms with E-state index in [4.69, 9.17) is 14.9 Å². The second-order valence-corrected chi connectivity index (χ2v) is 14.1. The predicted octanol–water partition coefficient (Wildman–Crippen LogP) is 12.8. The summed E-state index contributed by atoms with van der Waals surface area (Å²) in [6.07, 6.45) is 6.67. The highest BCUT2D eigenvalue weighted by molar-refractivity contribution is 6.17. The van der Waals surface area contributed by atoms with Gasteiger partial charge in [0.25, 0.3) is 0 Å². The third kappa shape index (κ3) is 4.55. The Bertz CT molecular complexity index is 3140. The van der Waals surface area contributed by atoms with Crippen molar-refractivity contribution in [1.82, 2.24) is 4.57 Å². The van der Waals surface area contributed by atoms with Crippen LogP contribution in [0.2, 0.25) is 0 Å². The van der Waals surface area contributed by atoms with Crippen molar-refractivity contribution in [1.29, 1.82) is 0 Å². The Morgan fingerprint density at radius 2 is 1.38 bits per heavy atom. The first-order valence-electron chi connectivity index (χ1n) is 18.3. The Hall–Kier alpha value is -6.78. The summed E-state index contributed by atoms with van der Waals surface area (Å²) in [5, 5.41) is 10.5. The summed E-state index contributed by atoms with van der Waals surface area (Å²) in [6, 6.07) is 51.5. The standard InChI is InChI=1S/C49H34N2O2/c50-48-45(28-40(33-22-21-30-11-1-2-13-32(30)27-33)49-47(48)39-18-8-10-20-44(39)53-49)52-29-34-24-25-42(37-16-6-5-14-35(34)37)51-41-19-9-7-17-38(41)46-36-15-4-3-12-31(36)23-26-43(46)51/h1-8,10-18,20-28H,9,19,29,50H2. The Balaban J connectivity index is 1.05. The molecule has 0 saturated carbocycles. The lowest BCUT2D eigenvalue weighted by Crippen LogP contribution is -2.05. The van der Waals surface area contributed by atoms with Crippen molar-refractivity contribution in [3.05, 3.63) is 168 Å². The number of nitrogens with zero attached hydrogens (tertiary/aromatic N) is 1. The number of nitrogens with two attached hydrogens (primary N) is 1. The lowest BCUT2D eigenvalue weighted by molar-refractivity contribution is 0.310. The molecule has 53 heavy (non-hydrogen) atoms. The third-order valence-corrected chi connectivity index (χ3v) is 11.2. The van der Waals surface area contributed by atoms with E-state index in [9.17, 15) is 0 Å². The molecule has 252 valence electrons. The topological polar surface area (TPSA) is 53.3 Å². The number of hydrogen-bond donors (Lipinski definition) is 1. The van der Waals surface area contributed by atoms with Gasteiger partial charge in [-0.15, -0.1) is 0 Å². The second kappa shape index (κ2) is 11.6. The number of furan rings is 1. The average molecular weight is 683 g/mol. The molecule has 0 atom stereocenters. The molecule has 0 amide bonds. The van der Waals surface area contributed by atoms with Crippen LogP contribution in [-0.2, 0) is 13.0 Å². The number of anilines is 1. The first-order chi connectivity index (χ1) is 26.2. The number of nitrogen functional groups attached to an aromatic ring is 1. The molecule has 0 unspecified atom stereocenters. The summed E-state index contributed by atoms with van der Waals surface area (Å²) >= 11 is 0. The molecule has 0 saturated heterocycles. The van der Waals surface area contributed by atoms with Crippen molar-refractivity contribution in [3.8, 4) is 22.6 Å². The van der Waals surface area contributed by atoms with Gasteiger partial charge in [0.2, 0.25) is 0 Å². The van der Waals surface area contributed by atoms with Gasteiger partial charge in [-0.1, -0.05) is 127 Å². The number of para-hydroxylation sites is 1. The minimum absolute atomic E-state index is 0.362. The fraction of sp³-hybridized carbons (Fsp3) is 0.0612. The van der Waals surface area contributed by atoms with E-state index < -0.39 is 0 Å². The molecule has 1 aliphatic carbocycles. The zero-order valence-corrected chi connectivity index (χ0v) is 29.0. The number of hydrogen-bond acceptors (Lipinski definition) is 3. The average Bonchev–Trinajstić information content (AvgIpc) is 3.77. The van der Waals surface area contributed by atoms with Gasteiger partial charge < -0.3 is 19.5 Å². The second-order valence-electron chi connectivity index (χ2n) is 14.1. The lowest BCUT2D eigenvalue weighted by atomic mass is 9.98. The van der Waals surface area contributed by atoms with E-state index >= 15 is 0 Å². The molecule has 0 fully saturated rings. The summed E-state index contributed by atoms with van der Waals surface area (Å²) < 4.78 is 15.8. The van der Waals surface area contributed by atoms with Gasteiger partial charge in [-0.2, -0.15) is 0 Å². The molecule has 2 N–H and O–H groups in total. The van der Waals surface area contributed by atoms with Crippen LogP contribution in [0.5, 0.6) is 5.75 Å². The largest absolute Gasteiger partial charge is 0.487 e. The summed E-state index contributed by atoms with van der Waals surface area (Å²) in [4.78, 5) is 0. The minimum atomic E-state index is 0.362. The van der Waals surface area contributed by atoms with E-state index in [1.54, 1.807) is 0 Å². The summed E-state index contributed by atoms with van der Waals surface area (Å²) in [5.74, 6) is 0.643. The van der Waals surface area contributed by atoms with Crippen molar-refractivity contribution in [2.45, 2.75) is 19.4 Å². The molecule has 0 spiro atoms. The first-order valence-corrected chi connectivity index (χ1v) is 18.3. The van der Waals surface area contributed by atoms with Crippen molar-refractivity contribution < 1.29 is 9.15 Å². The first kappa shape index (κ1) is 29.9. The van der Waals surface area contributed by atoms with Gasteiger partial charge in [-0.3, -0.25) is 0 Å². The highest BCUT2D eigenvalue weighted by Crippen LogP contribution is 2.45. The number of benzene rings is 8. The van der Waals surface area contributed by atoms with Gasteiger partial charge in [0.15, 0.2) is 0 Å². The van der Waals surface area contributed by atoms with Gasteiger partial charge in [-0.05, 0) is 81.2 Å². The van der Waals surface area contributed by atoms with E-state index in [1.807, 2.05) is 18.2 Å². The van der Waals surface area contributed by atoms with Crippen LogP contribution in [0.1, 0.15) is 23.2 Å². The Morgan fingerprint density at radius 1 is 0.642 bits per heavy atom. The summed E-state index contributed by atoms with van der Waals surface area (Å²) in [7, 11) is 0. The highest BCUT2D eigenvalue weighted by Gasteiger charge is 2.23. The molecule has 2 aromatic heterocycles. The number of fused-ring (bicyclic) bond motifs is 10. The Labute approximate surface area is 305 Å². The maximum atomic E-state index is 7.00. The minimum Gasteiger partial charge on any atom is -0.487 e. The fourth-order valence-corrected chi connectivity index (χ4v) is 8.67. The molecule has 4 nitrogen and oxygen atoms in total. The van der Waals surface area contributed by atoms with Gasteiger partial charge in [0, 0.05) is 33.0 Å². The maximum Gasteiger partial charge on any atom is 0.145 e. The van der Waals surface area contributed by atoms with Crippen molar-refractivity contribution >= 4 is 76.9 Å². The Kier molecular flexibility index (Phi) is 6.56.